The van der Waals surface area contributed by atoms with Gasteiger partial charge in [-0.2, -0.15) is 5.10 Å². The Morgan fingerprint density at radius 3 is 2.53 bits per heavy atom. The number of nitrogens with zero attached hydrogens (tertiary/aromatic N) is 2. The van der Waals surface area contributed by atoms with Crippen molar-refractivity contribution in [3.8, 4) is 16.9 Å². The Bertz CT molecular complexity index is 1150. The molecule has 164 valence electrons. The van der Waals surface area contributed by atoms with Crippen molar-refractivity contribution in [3.63, 3.8) is 0 Å². The predicted octanol–water partition coefficient (Wildman–Crippen LogP) is 3.26. The fourth-order valence-electron chi connectivity index (χ4n) is 3.48. The SMILES string of the molecule is CCOC(=O)c1ccc(NC(=O)[C@H]2CC(=O)Nc3c(-c4ccc(OC)cc4)cnn32)cc1. The lowest BCUT2D eigenvalue weighted by atomic mass is 10.1. The van der Waals surface area contributed by atoms with Gasteiger partial charge in [-0.3, -0.25) is 9.59 Å². The summed E-state index contributed by atoms with van der Waals surface area (Å²) in [6.07, 6.45) is 1.58. The Balaban J connectivity index is 1.55. The zero-order chi connectivity index (χ0) is 22.7. The quantitative estimate of drug-likeness (QED) is 0.576. The molecule has 1 aromatic heterocycles. The zero-order valence-corrected chi connectivity index (χ0v) is 17.6. The topological polar surface area (TPSA) is 112 Å². The van der Waals surface area contributed by atoms with Gasteiger partial charge in [0.25, 0.3) is 0 Å². The van der Waals surface area contributed by atoms with Crippen molar-refractivity contribution in [3.05, 3.63) is 60.3 Å². The zero-order valence-electron chi connectivity index (χ0n) is 17.6. The lowest BCUT2D eigenvalue weighted by Gasteiger charge is -2.24. The summed E-state index contributed by atoms with van der Waals surface area (Å²) in [4.78, 5) is 37.1. The molecule has 0 fully saturated rings. The maximum Gasteiger partial charge on any atom is 0.338 e. The van der Waals surface area contributed by atoms with Crippen LogP contribution in [0.15, 0.2) is 54.7 Å². The molecule has 0 saturated carbocycles. The molecule has 0 radical (unpaired) electrons. The highest BCUT2D eigenvalue weighted by Crippen LogP contribution is 2.35. The summed E-state index contributed by atoms with van der Waals surface area (Å²) < 4.78 is 11.7. The van der Waals surface area contributed by atoms with Gasteiger partial charge in [0, 0.05) is 11.3 Å². The van der Waals surface area contributed by atoms with Crippen LogP contribution in [0.25, 0.3) is 11.1 Å². The smallest absolute Gasteiger partial charge is 0.338 e. The fraction of sp³-hybridized carbons (Fsp3) is 0.217. The van der Waals surface area contributed by atoms with Crippen LogP contribution < -0.4 is 15.4 Å². The van der Waals surface area contributed by atoms with E-state index in [0.29, 0.717) is 28.4 Å². The van der Waals surface area contributed by atoms with E-state index < -0.39 is 12.0 Å². The van der Waals surface area contributed by atoms with Crippen LogP contribution >= 0.6 is 0 Å². The van der Waals surface area contributed by atoms with E-state index in [0.717, 1.165) is 5.56 Å². The Hall–Kier alpha value is -4.14. The van der Waals surface area contributed by atoms with Gasteiger partial charge < -0.3 is 20.1 Å². The van der Waals surface area contributed by atoms with Gasteiger partial charge in [0.15, 0.2) is 0 Å². The third-order valence-corrected chi connectivity index (χ3v) is 5.09. The monoisotopic (exact) mass is 434 g/mol. The molecule has 0 aliphatic carbocycles. The van der Waals surface area contributed by atoms with Crippen LogP contribution in [-0.2, 0) is 14.3 Å². The second-order valence-corrected chi connectivity index (χ2v) is 7.14. The Morgan fingerprint density at radius 2 is 1.88 bits per heavy atom. The molecule has 0 bridgehead atoms. The number of anilines is 2. The Morgan fingerprint density at radius 1 is 1.16 bits per heavy atom. The molecule has 9 heteroatoms. The van der Waals surface area contributed by atoms with E-state index in [-0.39, 0.29) is 24.8 Å². The van der Waals surface area contributed by atoms with Gasteiger partial charge in [-0.15, -0.1) is 0 Å². The summed E-state index contributed by atoms with van der Waals surface area (Å²) in [6.45, 7) is 2.02. The number of fused-ring (bicyclic) bond motifs is 1. The molecule has 2 N–H and O–H groups in total. The van der Waals surface area contributed by atoms with Crippen molar-refractivity contribution in [2.24, 2.45) is 0 Å². The molecule has 1 atom stereocenters. The van der Waals surface area contributed by atoms with E-state index in [4.69, 9.17) is 9.47 Å². The number of ether oxygens (including phenoxy) is 2. The predicted molar refractivity (Wildman–Crippen MR) is 118 cm³/mol. The number of rotatable bonds is 6. The van der Waals surface area contributed by atoms with Crippen molar-refractivity contribution < 1.29 is 23.9 Å². The van der Waals surface area contributed by atoms with Gasteiger partial charge in [0.1, 0.15) is 17.6 Å². The Labute approximate surface area is 184 Å². The molecule has 1 aliphatic heterocycles. The maximum atomic E-state index is 13.0. The number of hydrogen-bond acceptors (Lipinski definition) is 6. The highest BCUT2D eigenvalue weighted by Gasteiger charge is 2.33. The first-order chi connectivity index (χ1) is 15.5. The molecule has 0 unspecified atom stereocenters. The first kappa shape index (κ1) is 21.1. The number of methoxy groups -OCH3 is 1. The second-order valence-electron chi connectivity index (χ2n) is 7.14. The number of hydrogen-bond donors (Lipinski definition) is 2. The largest absolute Gasteiger partial charge is 0.497 e. The Kier molecular flexibility index (Phi) is 5.89. The van der Waals surface area contributed by atoms with Gasteiger partial charge >= 0.3 is 5.97 Å². The fourth-order valence-corrected chi connectivity index (χ4v) is 3.48. The summed E-state index contributed by atoms with van der Waals surface area (Å²) in [5, 5.41) is 9.96. The van der Waals surface area contributed by atoms with Crippen LogP contribution in [0.4, 0.5) is 11.5 Å². The number of benzene rings is 2. The minimum atomic E-state index is -0.810. The molecule has 3 aromatic rings. The number of aromatic nitrogens is 2. The van der Waals surface area contributed by atoms with E-state index in [9.17, 15) is 14.4 Å². The van der Waals surface area contributed by atoms with Crippen molar-refractivity contribution in [1.29, 1.82) is 0 Å². The lowest BCUT2D eigenvalue weighted by Crippen LogP contribution is -2.35. The normalized spacial score (nSPS) is 14.8. The van der Waals surface area contributed by atoms with Gasteiger partial charge in [0.05, 0.1) is 31.9 Å². The molecule has 32 heavy (non-hydrogen) atoms. The van der Waals surface area contributed by atoms with Crippen molar-refractivity contribution >= 4 is 29.3 Å². The van der Waals surface area contributed by atoms with E-state index in [1.807, 2.05) is 24.3 Å². The van der Waals surface area contributed by atoms with E-state index in [1.165, 1.54) is 4.68 Å². The summed E-state index contributed by atoms with van der Waals surface area (Å²) in [5.41, 5.74) is 2.43. The van der Waals surface area contributed by atoms with E-state index in [1.54, 1.807) is 44.5 Å². The first-order valence-corrected chi connectivity index (χ1v) is 10.1. The van der Waals surface area contributed by atoms with Crippen LogP contribution in [0.2, 0.25) is 0 Å². The summed E-state index contributed by atoms with van der Waals surface area (Å²) >= 11 is 0. The average molecular weight is 434 g/mol. The molecule has 2 aromatic carbocycles. The van der Waals surface area contributed by atoms with Gasteiger partial charge in [-0.1, -0.05) is 12.1 Å². The summed E-state index contributed by atoms with van der Waals surface area (Å²) in [7, 11) is 1.59. The third kappa shape index (κ3) is 4.18. The molecule has 0 spiro atoms. The summed E-state index contributed by atoms with van der Waals surface area (Å²) in [5.74, 6) is 0.0933. The number of esters is 1. The van der Waals surface area contributed by atoms with Crippen LogP contribution in [0.3, 0.4) is 0 Å². The van der Waals surface area contributed by atoms with Crippen LogP contribution in [0.1, 0.15) is 29.7 Å². The van der Waals surface area contributed by atoms with E-state index in [2.05, 4.69) is 15.7 Å². The van der Waals surface area contributed by atoms with Crippen LogP contribution in [0.5, 0.6) is 5.75 Å². The molecular formula is C23H22N4O5. The maximum absolute atomic E-state index is 13.0. The molecule has 9 nitrogen and oxygen atoms in total. The number of amides is 2. The highest BCUT2D eigenvalue weighted by molar-refractivity contribution is 6.03. The minimum absolute atomic E-state index is 0.0382. The summed E-state index contributed by atoms with van der Waals surface area (Å²) in [6, 6.07) is 12.9. The molecule has 2 heterocycles. The number of carbonyl (C=O) groups is 3. The van der Waals surface area contributed by atoms with E-state index >= 15 is 0 Å². The van der Waals surface area contributed by atoms with Crippen LogP contribution in [0, 0.1) is 0 Å². The third-order valence-electron chi connectivity index (χ3n) is 5.09. The molecular weight excluding hydrogens is 412 g/mol. The minimum Gasteiger partial charge on any atom is -0.497 e. The first-order valence-electron chi connectivity index (χ1n) is 10.1. The van der Waals surface area contributed by atoms with Gasteiger partial charge in [0.2, 0.25) is 11.8 Å². The van der Waals surface area contributed by atoms with Crippen molar-refractivity contribution in [1.82, 2.24) is 9.78 Å². The lowest BCUT2D eigenvalue weighted by molar-refractivity contribution is -0.125. The van der Waals surface area contributed by atoms with Gasteiger partial charge in [-0.25, -0.2) is 9.48 Å². The van der Waals surface area contributed by atoms with Crippen LogP contribution in [-0.4, -0.2) is 41.3 Å². The highest BCUT2D eigenvalue weighted by atomic mass is 16.5. The molecule has 2 amide bonds. The number of nitrogens with one attached hydrogen (secondary N) is 2. The standard InChI is InChI=1S/C23H22N4O5/c1-3-32-23(30)15-4-8-16(9-5-15)25-22(29)19-12-20(28)26-21-18(13-24-27(19)21)14-6-10-17(31-2)11-7-14/h4-11,13,19H,3,12H2,1-2H3,(H,25,29)(H,26,28)/t19-/m1/s1. The molecule has 1 aliphatic rings. The molecule has 4 rings (SSSR count). The van der Waals surface area contributed by atoms with Gasteiger partial charge in [-0.05, 0) is 48.9 Å². The van der Waals surface area contributed by atoms with Crippen molar-refractivity contribution in [2.45, 2.75) is 19.4 Å². The molecule has 0 saturated heterocycles. The number of carbonyl (C=O) groups excluding carboxylic acids is 3. The second kappa shape index (κ2) is 8.93. The van der Waals surface area contributed by atoms with Crippen molar-refractivity contribution in [2.75, 3.05) is 24.4 Å². The average Bonchev–Trinajstić information content (AvgIpc) is 3.22.